The summed E-state index contributed by atoms with van der Waals surface area (Å²) in [5, 5.41) is 0. The predicted octanol–water partition coefficient (Wildman–Crippen LogP) is 6.34. The molecule has 0 aliphatic carbocycles. The van der Waals surface area contributed by atoms with Crippen LogP contribution in [0.3, 0.4) is 0 Å². The molecule has 1 aliphatic heterocycles. The minimum atomic E-state index is -1.97. The molecule has 0 amide bonds. The van der Waals surface area contributed by atoms with Gasteiger partial charge in [-0.05, 0) is 16.6 Å². The van der Waals surface area contributed by atoms with Gasteiger partial charge < -0.3 is 9.47 Å². The Morgan fingerprint density at radius 2 is 1.12 bits per heavy atom. The van der Waals surface area contributed by atoms with Gasteiger partial charge in [-0.15, -0.1) is 11.1 Å². The molecule has 32 heavy (non-hydrogen) atoms. The average molecular weight is 509 g/mol. The van der Waals surface area contributed by atoms with E-state index in [9.17, 15) is 9.59 Å². The lowest BCUT2D eigenvalue weighted by molar-refractivity contribution is -0.138. The molecular weight excluding hydrogens is 473 g/mol. The monoisotopic (exact) mass is 508 g/mol. The predicted molar refractivity (Wildman–Crippen MR) is 143 cm³/mol. The molecule has 4 nitrogen and oxygen atoms in total. The van der Waals surface area contributed by atoms with Crippen molar-refractivity contribution in [1.29, 1.82) is 0 Å². The Hall–Kier alpha value is -1.33. The van der Waals surface area contributed by atoms with Gasteiger partial charge in [0.2, 0.25) is 0 Å². The van der Waals surface area contributed by atoms with Crippen LogP contribution >= 0.6 is 23.5 Å². The first-order chi connectivity index (χ1) is 14.7. The average Bonchev–Trinajstić information content (AvgIpc) is 3.12. The van der Waals surface area contributed by atoms with Crippen molar-refractivity contribution in [3.05, 3.63) is 19.6 Å². The third kappa shape index (κ3) is 6.84. The summed E-state index contributed by atoms with van der Waals surface area (Å²) in [6.45, 7) is 20.2. The Balaban J connectivity index is 3.73. The maximum absolute atomic E-state index is 12.3. The van der Waals surface area contributed by atoms with Crippen molar-refractivity contribution in [1.82, 2.24) is 0 Å². The molecule has 0 aromatic heterocycles. The molecule has 0 saturated heterocycles. The van der Waals surface area contributed by atoms with E-state index in [1.165, 1.54) is 37.7 Å². The molecule has 0 N–H and O–H groups in total. The maximum Gasteiger partial charge on any atom is 0.346 e. The first kappa shape index (κ1) is 28.7. The van der Waals surface area contributed by atoms with Crippen LogP contribution in [0.25, 0.3) is 0 Å². The van der Waals surface area contributed by atoms with Crippen LogP contribution in [0.5, 0.6) is 0 Å². The fourth-order valence-corrected chi connectivity index (χ4v) is 11.9. The van der Waals surface area contributed by atoms with E-state index in [1.807, 2.05) is 0 Å². The van der Waals surface area contributed by atoms with Crippen molar-refractivity contribution >= 4 is 51.6 Å². The van der Waals surface area contributed by atoms with Gasteiger partial charge in [0.05, 0.1) is 24.0 Å². The number of ether oxygens (including phenoxy) is 2. The Kier molecular flexibility index (Phi) is 10.5. The summed E-state index contributed by atoms with van der Waals surface area (Å²) in [5.41, 5.74) is 9.29. The molecule has 0 saturated carbocycles. The number of esters is 2. The lowest BCUT2D eigenvalue weighted by Gasteiger charge is -2.38. The van der Waals surface area contributed by atoms with Gasteiger partial charge in [-0.3, -0.25) is 0 Å². The summed E-state index contributed by atoms with van der Waals surface area (Å²) in [6.07, 6.45) is 0. The van der Waals surface area contributed by atoms with Crippen molar-refractivity contribution in [2.45, 2.75) is 77.8 Å². The molecule has 0 atom stereocenters. The third-order valence-corrected chi connectivity index (χ3v) is 15.1. The molecule has 0 bridgehead atoms. The van der Waals surface area contributed by atoms with Crippen LogP contribution in [-0.2, 0) is 19.1 Å². The van der Waals surface area contributed by atoms with E-state index >= 15 is 0 Å². The van der Waals surface area contributed by atoms with E-state index in [-0.39, 0.29) is 9.81 Å². The molecule has 8 heteroatoms. The number of rotatable bonds is 5. The van der Waals surface area contributed by atoms with Gasteiger partial charge in [0, 0.05) is 0 Å². The van der Waals surface area contributed by atoms with Crippen LogP contribution in [0.1, 0.15) is 41.5 Å². The summed E-state index contributed by atoms with van der Waals surface area (Å²) in [7, 11) is -1.04. The summed E-state index contributed by atoms with van der Waals surface area (Å²) < 4.78 is 10.5. The highest BCUT2D eigenvalue weighted by atomic mass is 32.2. The zero-order chi connectivity index (χ0) is 24.9. The Labute approximate surface area is 204 Å². The number of carbonyl (C=O) groups is 2. The number of thioether (sulfide) groups is 2. The van der Waals surface area contributed by atoms with Gasteiger partial charge in [0.25, 0.3) is 0 Å². The number of methoxy groups -OCH3 is 2. The summed E-state index contributed by atoms with van der Waals surface area (Å²) in [4.78, 5) is 25.1. The minimum Gasteiger partial charge on any atom is -0.465 e. The molecule has 0 aromatic carbocycles. The molecule has 0 fully saturated rings. The van der Waals surface area contributed by atoms with Gasteiger partial charge in [0.15, 0.2) is 0 Å². The van der Waals surface area contributed by atoms with Gasteiger partial charge >= 0.3 is 11.9 Å². The molecule has 0 unspecified atom stereocenters. The van der Waals surface area contributed by atoms with Gasteiger partial charge in [-0.25, -0.2) is 9.59 Å². The van der Waals surface area contributed by atoms with Crippen LogP contribution < -0.4 is 0 Å². The third-order valence-electron chi connectivity index (χ3n) is 5.37. The molecular formula is C24H36O4S2Si2. The molecule has 1 rings (SSSR count). The molecule has 0 aromatic rings. The van der Waals surface area contributed by atoms with Crippen molar-refractivity contribution in [2.24, 2.45) is 0 Å². The summed E-state index contributed by atoms with van der Waals surface area (Å²) in [6, 6.07) is 0. The normalized spacial score (nSPS) is 14.2. The van der Waals surface area contributed by atoms with Crippen molar-refractivity contribution in [3.8, 4) is 22.9 Å². The largest absolute Gasteiger partial charge is 0.465 e. The first-order valence-corrected chi connectivity index (χ1v) is 18.1. The smallest absolute Gasteiger partial charge is 0.346 e. The zero-order valence-corrected chi connectivity index (χ0v) is 24.8. The van der Waals surface area contributed by atoms with Crippen molar-refractivity contribution in [2.75, 3.05) is 14.2 Å². The maximum atomic E-state index is 12.3. The van der Waals surface area contributed by atoms with Crippen LogP contribution in [0.2, 0.25) is 36.3 Å². The highest BCUT2D eigenvalue weighted by Crippen LogP contribution is 2.51. The SMILES string of the molecule is COC(=O)C1=C(C(=O)OC)SC(=C(C#C[Si](C)(C)C)C#C[Si](C(C)C)(C(C)C)C(C)C)S1. The number of allylic oxidation sites excluding steroid dienone is 1. The molecule has 0 spiro atoms. The lowest BCUT2D eigenvalue weighted by Crippen LogP contribution is -2.43. The number of hydrogen-bond acceptors (Lipinski definition) is 6. The van der Waals surface area contributed by atoms with Crippen LogP contribution in [-0.4, -0.2) is 42.3 Å². The van der Waals surface area contributed by atoms with Crippen molar-refractivity contribution < 1.29 is 19.1 Å². The van der Waals surface area contributed by atoms with Crippen LogP contribution in [0, 0.1) is 22.9 Å². The standard InChI is InChI=1S/C24H36O4S2Si2/c1-16(2)32(17(3)4,18(5)6)15-13-19(12-14-31(9,10)11)24-29-20(22(25)27-7)21(30-24)23(26)28-8/h16-18H,1-11H3. The van der Waals surface area contributed by atoms with E-state index in [2.05, 4.69) is 84.1 Å². The van der Waals surface area contributed by atoms with Crippen LogP contribution in [0.15, 0.2) is 19.6 Å². The fourth-order valence-electron chi connectivity index (χ4n) is 3.84. The second kappa shape index (κ2) is 11.7. The lowest BCUT2D eigenvalue weighted by atomic mass is 10.3. The summed E-state index contributed by atoms with van der Waals surface area (Å²) >= 11 is 2.40. The Morgan fingerprint density at radius 3 is 1.44 bits per heavy atom. The quantitative estimate of drug-likeness (QED) is 0.245. The topological polar surface area (TPSA) is 52.6 Å². The van der Waals surface area contributed by atoms with Gasteiger partial charge in [0.1, 0.15) is 26.0 Å². The second-order valence-electron chi connectivity index (χ2n) is 9.66. The van der Waals surface area contributed by atoms with Gasteiger partial charge in [-0.1, -0.05) is 96.5 Å². The second-order valence-corrected chi connectivity index (χ2v) is 22.3. The highest BCUT2D eigenvalue weighted by molar-refractivity contribution is 8.29. The molecule has 176 valence electrons. The zero-order valence-electron chi connectivity index (χ0n) is 21.2. The summed E-state index contributed by atoms with van der Waals surface area (Å²) in [5.74, 6) is 5.64. The van der Waals surface area contributed by atoms with Gasteiger partial charge in [-0.2, -0.15) is 0 Å². The Bertz CT molecular complexity index is 881. The molecule has 1 aliphatic rings. The fraction of sp³-hybridized carbons (Fsp3) is 0.583. The van der Waals surface area contributed by atoms with E-state index in [0.717, 1.165) is 4.24 Å². The first-order valence-electron chi connectivity index (χ1n) is 10.8. The highest BCUT2D eigenvalue weighted by Gasteiger charge is 2.42. The van der Waals surface area contributed by atoms with Crippen LogP contribution in [0.4, 0.5) is 0 Å². The van der Waals surface area contributed by atoms with E-state index in [1.54, 1.807) is 0 Å². The van der Waals surface area contributed by atoms with Crippen molar-refractivity contribution in [3.63, 3.8) is 0 Å². The number of carbonyl (C=O) groups excluding carboxylic acids is 2. The minimum absolute atomic E-state index is 0.230. The van der Waals surface area contributed by atoms with E-state index < -0.39 is 28.1 Å². The Morgan fingerprint density at radius 1 is 0.750 bits per heavy atom. The van der Waals surface area contributed by atoms with E-state index in [4.69, 9.17) is 9.47 Å². The number of hydrogen-bond donors (Lipinski definition) is 0. The molecule has 1 heterocycles. The van der Waals surface area contributed by atoms with E-state index in [0.29, 0.717) is 22.2 Å². The molecule has 0 radical (unpaired) electrons.